The molecule has 12 heteroatoms. The molecule has 212 valence electrons. The van der Waals surface area contributed by atoms with E-state index in [2.05, 4.69) is 20.3 Å². The topological polar surface area (TPSA) is 190 Å². The first-order valence-electron chi connectivity index (χ1n) is 13.4. The number of nitrogens with one attached hydrogen (secondary N) is 2. The molecule has 5 rings (SSSR count). The summed E-state index contributed by atoms with van der Waals surface area (Å²) in [6, 6.07) is 15.0. The van der Waals surface area contributed by atoms with Crippen molar-refractivity contribution in [2.45, 2.75) is 19.4 Å². The number of aromatic amines is 1. The molecule has 1 unspecified atom stereocenters. The van der Waals surface area contributed by atoms with Crippen molar-refractivity contribution in [2.75, 3.05) is 26.2 Å². The van der Waals surface area contributed by atoms with Gasteiger partial charge in [-0.15, -0.1) is 0 Å². The van der Waals surface area contributed by atoms with Gasteiger partial charge in [-0.05, 0) is 42.6 Å². The summed E-state index contributed by atoms with van der Waals surface area (Å²) in [4.78, 5) is 50.2. The molecular weight excluding hydrogens is 522 g/mol. The summed E-state index contributed by atoms with van der Waals surface area (Å²) in [5.74, 6) is -0.277. The highest BCUT2D eigenvalue weighted by Crippen LogP contribution is 2.23. The molecule has 1 aliphatic heterocycles. The Morgan fingerprint density at radius 1 is 1.02 bits per heavy atom. The van der Waals surface area contributed by atoms with Crippen LogP contribution in [-0.2, 0) is 11.3 Å². The van der Waals surface area contributed by atoms with Gasteiger partial charge in [-0.2, -0.15) is 0 Å². The molecule has 0 spiro atoms. The van der Waals surface area contributed by atoms with E-state index in [1.165, 1.54) is 0 Å². The van der Waals surface area contributed by atoms with E-state index in [-0.39, 0.29) is 29.3 Å². The monoisotopic (exact) mass is 555 g/mol. The van der Waals surface area contributed by atoms with E-state index in [9.17, 15) is 14.4 Å². The van der Waals surface area contributed by atoms with Gasteiger partial charge < -0.3 is 27.4 Å². The van der Waals surface area contributed by atoms with Gasteiger partial charge >= 0.3 is 0 Å². The van der Waals surface area contributed by atoms with Crippen LogP contribution >= 0.6 is 0 Å². The van der Waals surface area contributed by atoms with Crippen LogP contribution in [0.5, 0.6) is 0 Å². The number of H-pyrrole nitrogens is 1. The van der Waals surface area contributed by atoms with Crippen molar-refractivity contribution in [1.29, 1.82) is 0 Å². The van der Waals surface area contributed by atoms with Gasteiger partial charge in [0.15, 0.2) is 5.96 Å². The van der Waals surface area contributed by atoms with E-state index >= 15 is 0 Å². The second kappa shape index (κ2) is 12.0. The van der Waals surface area contributed by atoms with Crippen molar-refractivity contribution < 1.29 is 9.59 Å². The van der Waals surface area contributed by atoms with Crippen molar-refractivity contribution in [1.82, 2.24) is 24.6 Å². The van der Waals surface area contributed by atoms with Crippen LogP contribution in [0.2, 0.25) is 0 Å². The number of hydrogen-bond donors (Lipinski definition) is 5. The fraction of sp³-hybridized carbons (Fsp3) is 0.276. The van der Waals surface area contributed by atoms with Gasteiger partial charge in [0.1, 0.15) is 0 Å². The van der Waals surface area contributed by atoms with E-state index in [0.29, 0.717) is 55.2 Å². The van der Waals surface area contributed by atoms with Gasteiger partial charge in [0, 0.05) is 49.7 Å². The minimum absolute atomic E-state index is 0.100. The predicted molar refractivity (Wildman–Crippen MR) is 157 cm³/mol. The molecule has 41 heavy (non-hydrogen) atoms. The van der Waals surface area contributed by atoms with Crippen LogP contribution in [0.15, 0.2) is 70.7 Å². The number of nitrogens with two attached hydrogens (primary N) is 3. The van der Waals surface area contributed by atoms with Gasteiger partial charge in [-0.3, -0.25) is 28.8 Å². The zero-order chi connectivity index (χ0) is 28.9. The Hall–Kier alpha value is -4.97. The Labute approximate surface area is 236 Å². The molecule has 8 N–H and O–H groups in total. The zero-order valence-electron chi connectivity index (χ0n) is 22.5. The number of nitrogens with zero attached hydrogens (tertiary/aromatic N) is 4. The first-order chi connectivity index (χ1) is 19.8. The third kappa shape index (κ3) is 6.44. The predicted octanol–water partition coefficient (Wildman–Crippen LogP) is 1.06. The molecule has 1 atom stereocenters. The summed E-state index contributed by atoms with van der Waals surface area (Å²) < 4.78 is 1.78. The van der Waals surface area contributed by atoms with Gasteiger partial charge in [0.05, 0.1) is 17.2 Å². The molecule has 0 aliphatic carbocycles. The normalized spacial score (nSPS) is 14.8. The average molecular weight is 556 g/mol. The number of amides is 2. The summed E-state index contributed by atoms with van der Waals surface area (Å²) in [6.07, 6.45) is 5.02. The summed E-state index contributed by atoms with van der Waals surface area (Å²) in [6.45, 7) is 2.92. The summed E-state index contributed by atoms with van der Waals surface area (Å²) in [7, 11) is 0. The molecule has 2 amide bonds. The lowest BCUT2D eigenvalue weighted by atomic mass is 10.1. The number of fused-ring (bicyclic) bond motifs is 1. The highest BCUT2D eigenvalue weighted by atomic mass is 16.2. The second-order valence-corrected chi connectivity index (χ2v) is 10.1. The Bertz CT molecular complexity index is 1640. The SMILES string of the molecule is NC(=O)C1CCN(C(=O)c2ccc(-c3cn4cc(-c5ccc(CNCCCN=C(N)N)cc5)c(=O)[nH]c4n3)cc2)C1. The van der Waals surface area contributed by atoms with E-state index in [1.807, 2.05) is 42.6 Å². The minimum Gasteiger partial charge on any atom is -0.370 e. The number of rotatable bonds is 10. The van der Waals surface area contributed by atoms with Gasteiger partial charge in [-0.25, -0.2) is 4.98 Å². The Kier molecular flexibility index (Phi) is 8.11. The molecule has 1 fully saturated rings. The average Bonchev–Trinajstić information content (AvgIpc) is 3.62. The molecule has 1 aliphatic rings. The minimum atomic E-state index is -0.374. The maximum atomic E-state index is 12.9. The Morgan fingerprint density at radius 2 is 1.76 bits per heavy atom. The lowest BCUT2D eigenvalue weighted by Crippen LogP contribution is -2.31. The molecule has 1 saturated heterocycles. The summed E-state index contributed by atoms with van der Waals surface area (Å²) in [5, 5.41) is 3.35. The summed E-state index contributed by atoms with van der Waals surface area (Å²) in [5.41, 5.74) is 20.2. The first kappa shape index (κ1) is 27.6. The van der Waals surface area contributed by atoms with Crippen molar-refractivity contribution >= 4 is 23.6 Å². The van der Waals surface area contributed by atoms with Crippen LogP contribution in [-0.4, -0.2) is 63.2 Å². The number of benzene rings is 2. The third-order valence-corrected chi connectivity index (χ3v) is 7.18. The maximum Gasteiger partial charge on any atom is 0.260 e. The molecule has 4 aromatic rings. The number of hydrogen-bond acceptors (Lipinski definition) is 6. The van der Waals surface area contributed by atoms with E-state index in [4.69, 9.17) is 17.2 Å². The van der Waals surface area contributed by atoms with Gasteiger partial charge in [0.25, 0.3) is 11.5 Å². The van der Waals surface area contributed by atoms with Crippen LogP contribution in [0.3, 0.4) is 0 Å². The summed E-state index contributed by atoms with van der Waals surface area (Å²) >= 11 is 0. The molecule has 12 nitrogen and oxygen atoms in total. The number of aromatic nitrogens is 3. The number of guanidine groups is 1. The first-order valence-corrected chi connectivity index (χ1v) is 13.4. The Balaban J connectivity index is 1.25. The van der Waals surface area contributed by atoms with Crippen molar-refractivity contribution in [3.8, 4) is 22.4 Å². The van der Waals surface area contributed by atoms with Crippen molar-refractivity contribution in [3.05, 3.63) is 82.4 Å². The quantitative estimate of drug-likeness (QED) is 0.110. The molecular formula is C29H33N9O3. The van der Waals surface area contributed by atoms with Crippen LogP contribution in [0.4, 0.5) is 0 Å². The number of aliphatic imine (C=N–C) groups is 1. The fourth-order valence-electron chi connectivity index (χ4n) is 4.89. The number of imidazole rings is 1. The van der Waals surface area contributed by atoms with Crippen molar-refractivity contribution in [2.24, 2.45) is 28.1 Å². The van der Waals surface area contributed by atoms with Crippen LogP contribution in [0.1, 0.15) is 28.8 Å². The lowest BCUT2D eigenvalue weighted by molar-refractivity contribution is -0.121. The molecule has 3 heterocycles. The molecule has 2 aromatic carbocycles. The van der Waals surface area contributed by atoms with Crippen LogP contribution in [0, 0.1) is 5.92 Å². The van der Waals surface area contributed by atoms with E-state index in [1.54, 1.807) is 27.6 Å². The highest BCUT2D eigenvalue weighted by molar-refractivity contribution is 5.95. The molecule has 0 radical (unpaired) electrons. The smallest absolute Gasteiger partial charge is 0.260 e. The third-order valence-electron chi connectivity index (χ3n) is 7.18. The number of carbonyl (C=O) groups is 2. The Morgan fingerprint density at radius 3 is 2.44 bits per heavy atom. The number of likely N-dealkylation sites (tertiary alicyclic amines) is 1. The van der Waals surface area contributed by atoms with E-state index < -0.39 is 0 Å². The highest BCUT2D eigenvalue weighted by Gasteiger charge is 2.30. The largest absolute Gasteiger partial charge is 0.370 e. The van der Waals surface area contributed by atoms with Crippen molar-refractivity contribution in [3.63, 3.8) is 0 Å². The zero-order valence-corrected chi connectivity index (χ0v) is 22.5. The lowest BCUT2D eigenvalue weighted by Gasteiger charge is -2.16. The number of primary amides is 1. The number of carbonyl (C=O) groups excluding carboxylic acids is 2. The van der Waals surface area contributed by atoms with Gasteiger partial charge in [-0.1, -0.05) is 36.4 Å². The molecule has 2 aromatic heterocycles. The molecule has 0 saturated carbocycles. The van der Waals surface area contributed by atoms with Crippen LogP contribution < -0.4 is 28.1 Å². The van der Waals surface area contributed by atoms with Gasteiger partial charge in [0.2, 0.25) is 11.7 Å². The fourth-order valence-corrected chi connectivity index (χ4v) is 4.89. The second-order valence-electron chi connectivity index (χ2n) is 10.1. The van der Waals surface area contributed by atoms with E-state index in [0.717, 1.165) is 29.7 Å². The maximum absolute atomic E-state index is 12.9. The van der Waals surface area contributed by atoms with Crippen LogP contribution in [0.25, 0.3) is 28.2 Å². The molecule has 0 bridgehead atoms. The standard InChI is InChI=1S/C29H33N9O3/c30-25(39)22-10-13-37(15-22)27(41)21-8-6-20(7-9-21)24-17-38-16-23(26(40)36-29(38)35-24)19-4-2-18(3-5-19)14-33-11-1-12-34-28(31)32/h2-9,16-17,22,33H,1,10-15H2,(H2,30,39)(H4,31,32,34)(H,35,36,40).